The largest absolute Gasteiger partial charge is 0.461 e. The monoisotopic (exact) mass is 224 g/mol. The van der Waals surface area contributed by atoms with Crippen molar-refractivity contribution in [2.24, 2.45) is 0 Å². The van der Waals surface area contributed by atoms with Crippen LogP contribution >= 0.6 is 0 Å². The maximum absolute atomic E-state index is 11.4. The Morgan fingerprint density at radius 3 is 2.81 bits per heavy atom. The smallest absolute Gasteiger partial charge is 0.358 e. The van der Waals surface area contributed by atoms with E-state index in [9.17, 15) is 9.59 Å². The molecule has 16 heavy (non-hydrogen) atoms. The molecule has 1 aromatic rings. The number of carbonyl (C=O) groups is 1. The van der Waals surface area contributed by atoms with Crippen LogP contribution in [0.4, 0.5) is 0 Å². The van der Waals surface area contributed by atoms with Crippen molar-refractivity contribution < 1.29 is 9.53 Å². The lowest BCUT2D eigenvalue weighted by atomic mass is 10.3. The molecule has 0 radical (unpaired) electrons. The summed E-state index contributed by atoms with van der Waals surface area (Å²) in [5, 5.41) is 3.96. The van der Waals surface area contributed by atoms with Gasteiger partial charge in [-0.2, -0.15) is 5.10 Å². The van der Waals surface area contributed by atoms with E-state index < -0.39 is 5.97 Å². The first-order chi connectivity index (χ1) is 7.69. The SMILES string of the molecule is CCCCn1nc(C(=O)OCC)ccc1=O. The lowest BCUT2D eigenvalue weighted by Gasteiger charge is -2.05. The number of esters is 1. The first-order valence-corrected chi connectivity index (χ1v) is 5.44. The second-order valence-corrected chi connectivity index (χ2v) is 3.35. The number of rotatable bonds is 5. The number of aryl methyl sites for hydroxylation is 1. The Kier molecular flexibility index (Phi) is 4.69. The van der Waals surface area contributed by atoms with Gasteiger partial charge in [0.15, 0.2) is 5.69 Å². The molecule has 0 spiro atoms. The molecule has 5 nitrogen and oxygen atoms in total. The van der Waals surface area contributed by atoms with E-state index in [0.717, 1.165) is 12.8 Å². The Labute approximate surface area is 94.0 Å². The average molecular weight is 224 g/mol. The molecule has 0 atom stereocenters. The maximum atomic E-state index is 11.4. The first-order valence-electron chi connectivity index (χ1n) is 5.44. The molecule has 5 heteroatoms. The van der Waals surface area contributed by atoms with Crippen LogP contribution in [0, 0.1) is 0 Å². The molecular weight excluding hydrogens is 208 g/mol. The zero-order valence-electron chi connectivity index (χ0n) is 9.60. The van der Waals surface area contributed by atoms with Gasteiger partial charge in [-0.25, -0.2) is 9.48 Å². The topological polar surface area (TPSA) is 61.2 Å². The minimum Gasteiger partial charge on any atom is -0.461 e. The molecule has 0 aromatic carbocycles. The highest BCUT2D eigenvalue weighted by Gasteiger charge is 2.09. The number of carbonyl (C=O) groups excluding carboxylic acids is 1. The van der Waals surface area contributed by atoms with E-state index in [1.165, 1.54) is 16.8 Å². The van der Waals surface area contributed by atoms with Crippen LogP contribution < -0.4 is 5.56 Å². The van der Waals surface area contributed by atoms with Gasteiger partial charge in [0.05, 0.1) is 6.61 Å². The molecule has 0 aliphatic heterocycles. The number of ether oxygens (including phenoxy) is 1. The molecule has 0 saturated heterocycles. The fourth-order valence-electron chi connectivity index (χ4n) is 1.23. The summed E-state index contributed by atoms with van der Waals surface area (Å²) in [6, 6.07) is 2.73. The Balaban J connectivity index is 2.88. The minimum absolute atomic E-state index is 0.178. The van der Waals surface area contributed by atoms with Gasteiger partial charge in [0, 0.05) is 12.6 Å². The summed E-state index contributed by atoms with van der Waals surface area (Å²) in [6.07, 6.45) is 1.83. The number of unbranched alkanes of at least 4 members (excludes halogenated alkanes) is 1. The Morgan fingerprint density at radius 1 is 1.44 bits per heavy atom. The lowest BCUT2D eigenvalue weighted by molar-refractivity contribution is 0.0516. The summed E-state index contributed by atoms with van der Waals surface area (Å²) in [6.45, 7) is 4.59. The van der Waals surface area contributed by atoms with Crippen molar-refractivity contribution in [3.63, 3.8) is 0 Å². The van der Waals surface area contributed by atoms with Gasteiger partial charge in [0.25, 0.3) is 5.56 Å². The van der Waals surface area contributed by atoms with E-state index in [4.69, 9.17) is 4.74 Å². The summed E-state index contributed by atoms with van der Waals surface area (Å²) in [7, 11) is 0. The molecule has 0 saturated carbocycles. The van der Waals surface area contributed by atoms with Crippen LogP contribution in [-0.2, 0) is 11.3 Å². The number of nitrogens with zero attached hydrogens (tertiary/aromatic N) is 2. The average Bonchev–Trinajstić information content (AvgIpc) is 2.28. The van der Waals surface area contributed by atoms with Crippen molar-refractivity contribution >= 4 is 5.97 Å². The zero-order chi connectivity index (χ0) is 12.0. The van der Waals surface area contributed by atoms with Crippen LogP contribution in [0.25, 0.3) is 0 Å². The molecule has 0 unspecified atom stereocenters. The molecule has 88 valence electrons. The molecule has 0 N–H and O–H groups in total. The van der Waals surface area contributed by atoms with Crippen molar-refractivity contribution in [1.82, 2.24) is 9.78 Å². The highest BCUT2D eigenvalue weighted by molar-refractivity contribution is 5.86. The summed E-state index contributed by atoms with van der Waals surface area (Å²) >= 11 is 0. The summed E-state index contributed by atoms with van der Waals surface area (Å²) in [5.74, 6) is -0.493. The first kappa shape index (κ1) is 12.4. The van der Waals surface area contributed by atoms with Gasteiger partial charge < -0.3 is 4.74 Å². The molecule has 1 aromatic heterocycles. The van der Waals surface area contributed by atoms with Gasteiger partial charge >= 0.3 is 5.97 Å². The van der Waals surface area contributed by atoms with Crippen molar-refractivity contribution in [2.75, 3.05) is 6.61 Å². The molecule has 0 amide bonds. The molecule has 0 aliphatic rings. The van der Waals surface area contributed by atoms with E-state index in [1.54, 1.807) is 6.92 Å². The van der Waals surface area contributed by atoms with Crippen LogP contribution in [0.1, 0.15) is 37.2 Å². The molecule has 1 heterocycles. The molecular formula is C11H16N2O3. The van der Waals surface area contributed by atoms with Gasteiger partial charge in [-0.3, -0.25) is 4.79 Å². The van der Waals surface area contributed by atoms with E-state index >= 15 is 0 Å². The van der Waals surface area contributed by atoms with Crippen molar-refractivity contribution in [3.8, 4) is 0 Å². The van der Waals surface area contributed by atoms with Crippen LogP contribution in [0.3, 0.4) is 0 Å². The quantitative estimate of drug-likeness (QED) is 0.705. The number of hydrogen-bond donors (Lipinski definition) is 0. The van der Waals surface area contributed by atoms with Crippen molar-refractivity contribution in [1.29, 1.82) is 0 Å². The van der Waals surface area contributed by atoms with E-state index in [-0.39, 0.29) is 11.3 Å². The summed E-state index contributed by atoms with van der Waals surface area (Å²) in [5.41, 5.74) is -0.0148. The highest BCUT2D eigenvalue weighted by atomic mass is 16.5. The van der Waals surface area contributed by atoms with Crippen molar-refractivity contribution in [3.05, 3.63) is 28.2 Å². The van der Waals surface area contributed by atoms with Gasteiger partial charge in [0.2, 0.25) is 0 Å². The normalized spacial score (nSPS) is 10.1. The van der Waals surface area contributed by atoms with Crippen LogP contribution in [0.15, 0.2) is 16.9 Å². The summed E-state index contributed by atoms with van der Waals surface area (Å²) < 4.78 is 6.11. The fraction of sp³-hybridized carbons (Fsp3) is 0.545. The van der Waals surface area contributed by atoms with E-state index in [1.807, 2.05) is 6.92 Å². The maximum Gasteiger partial charge on any atom is 0.358 e. The predicted octanol–water partition coefficient (Wildman–Crippen LogP) is 1.22. The minimum atomic E-state index is -0.493. The third-order valence-corrected chi connectivity index (χ3v) is 2.07. The fourth-order valence-corrected chi connectivity index (χ4v) is 1.23. The number of aromatic nitrogens is 2. The van der Waals surface area contributed by atoms with E-state index in [2.05, 4.69) is 5.10 Å². The van der Waals surface area contributed by atoms with Crippen LogP contribution in [0.5, 0.6) is 0 Å². The number of hydrogen-bond acceptors (Lipinski definition) is 4. The third kappa shape index (κ3) is 3.18. The summed E-state index contributed by atoms with van der Waals surface area (Å²) in [4.78, 5) is 22.8. The standard InChI is InChI=1S/C11H16N2O3/c1-3-5-8-13-10(14)7-6-9(12-13)11(15)16-4-2/h6-7H,3-5,8H2,1-2H3. The van der Waals surface area contributed by atoms with Crippen LogP contribution in [-0.4, -0.2) is 22.4 Å². The lowest BCUT2D eigenvalue weighted by Crippen LogP contribution is -2.25. The zero-order valence-corrected chi connectivity index (χ0v) is 9.60. The highest BCUT2D eigenvalue weighted by Crippen LogP contribution is 1.96. The van der Waals surface area contributed by atoms with Gasteiger partial charge in [-0.1, -0.05) is 13.3 Å². The molecule has 1 rings (SSSR count). The van der Waals surface area contributed by atoms with Gasteiger partial charge in [-0.15, -0.1) is 0 Å². The second kappa shape index (κ2) is 6.05. The molecule has 0 fully saturated rings. The Morgan fingerprint density at radius 2 is 2.19 bits per heavy atom. The van der Waals surface area contributed by atoms with Crippen molar-refractivity contribution in [2.45, 2.75) is 33.2 Å². The Bertz CT molecular complexity index is 412. The molecule has 0 aliphatic carbocycles. The molecule has 0 bridgehead atoms. The van der Waals surface area contributed by atoms with E-state index in [0.29, 0.717) is 13.2 Å². The van der Waals surface area contributed by atoms with Gasteiger partial charge in [-0.05, 0) is 19.4 Å². The predicted molar refractivity (Wildman–Crippen MR) is 59.4 cm³/mol. The third-order valence-electron chi connectivity index (χ3n) is 2.07. The van der Waals surface area contributed by atoms with Gasteiger partial charge in [0.1, 0.15) is 0 Å². The Hall–Kier alpha value is -1.65. The van der Waals surface area contributed by atoms with Crippen LogP contribution in [0.2, 0.25) is 0 Å². The second-order valence-electron chi connectivity index (χ2n) is 3.35.